The molecule has 2 aromatic rings. The molecule has 1 aliphatic rings. The number of hydrogen-bond acceptors (Lipinski definition) is 6. The normalized spacial score (nSPS) is 13.2. The molecule has 1 aromatic heterocycles. The van der Waals surface area contributed by atoms with Crippen molar-refractivity contribution >= 4 is 23.3 Å². The Balaban J connectivity index is 1.87. The largest absolute Gasteiger partial charge is 0.494 e. The van der Waals surface area contributed by atoms with Crippen LogP contribution in [0.5, 0.6) is 11.5 Å². The molecule has 0 spiro atoms. The number of carbonyl (C=O) groups is 1. The van der Waals surface area contributed by atoms with Gasteiger partial charge < -0.3 is 23.5 Å². The van der Waals surface area contributed by atoms with Crippen molar-refractivity contribution in [1.29, 1.82) is 0 Å². The SMILES string of the molecule is COC(=O)c1c(OC)c(Cl)cc2c1OCCN2CCCc1ccco1. The summed E-state index contributed by atoms with van der Waals surface area (Å²) in [5, 5.41) is 0.350. The molecule has 0 amide bonds. The first kappa shape index (κ1) is 17.5. The second-order valence-corrected chi connectivity index (χ2v) is 6.03. The van der Waals surface area contributed by atoms with E-state index in [1.54, 1.807) is 12.3 Å². The fraction of sp³-hybridized carbons (Fsp3) is 0.389. The van der Waals surface area contributed by atoms with E-state index in [2.05, 4.69) is 4.90 Å². The predicted molar refractivity (Wildman–Crippen MR) is 94.1 cm³/mol. The highest BCUT2D eigenvalue weighted by atomic mass is 35.5. The van der Waals surface area contributed by atoms with Crippen molar-refractivity contribution in [1.82, 2.24) is 0 Å². The van der Waals surface area contributed by atoms with Crippen LogP contribution in [0.25, 0.3) is 0 Å². The fourth-order valence-electron chi connectivity index (χ4n) is 2.98. The number of furan rings is 1. The summed E-state index contributed by atoms with van der Waals surface area (Å²) in [6, 6.07) is 5.62. The summed E-state index contributed by atoms with van der Waals surface area (Å²) in [5.74, 6) is 1.14. The van der Waals surface area contributed by atoms with Crippen LogP contribution in [-0.2, 0) is 11.2 Å². The predicted octanol–water partition coefficient (Wildman–Crippen LogP) is 3.56. The molecule has 25 heavy (non-hydrogen) atoms. The lowest BCUT2D eigenvalue weighted by atomic mass is 10.1. The van der Waals surface area contributed by atoms with Crippen LogP contribution >= 0.6 is 11.6 Å². The van der Waals surface area contributed by atoms with E-state index in [1.165, 1.54) is 14.2 Å². The third-order valence-corrected chi connectivity index (χ3v) is 4.42. The summed E-state index contributed by atoms with van der Waals surface area (Å²) < 4.78 is 21.3. The van der Waals surface area contributed by atoms with Gasteiger partial charge in [-0.05, 0) is 24.6 Å². The number of benzene rings is 1. The van der Waals surface area contributed by atoms with E-state index < -0.39 is 5.97 Å². The maximum Gasteiger partial charge on any atom is 0.345 e. The van der Waals surface area contributed by atoms with Crippen molar-refractivity contribution in [2.75, 3.05) is 38.8 Å². The Bertz CT molecular complexity index is 744. The topological polar surface area (TPSA) is 61.1 Å². The first-order chi connectivity index (χ1) is 12.2. The number of rotatable bonds is 6. The highest BCUT2D eigenvalue weighted by Gasteiger charge is 2.30. The zero-order valence-corrected chi connectivity index (χ0v) is 15.0. The van der Waals surface area contributed by atoms with Crippen molar-refractivity contribution in [3.8, 4) is 11.5 Å². The van der Waals surface area contributed by atoms with Gasteiger partial charge in [0, 0.05) is 13.0 Å². The third-order valence-electron chi connectivity index (χ3n) is 4.14. The molecule has 2 heterocycles. The first-order valence-corrected chi connectivity index (χ1v) is 8.42. The number of ether oxygens (including phenoxy) is 3. The Morgan fingerprint density at radius 2 is 2.24 bits per heavy atom. The lowest BCUT2D eigenvalue weighted by Gasteiger charge is -2.33. The van der Waals surface area contributed by atoms with Crippen LogP contribution in [-0.4, -0.2) is 39.9 Å². The molecule has 1 aliphatic heterocycles. The van der Waals surface area contributed by atoms with Crippen LogP contribution in [0.1, 0.15) is 22.5 Å². The quantitative estimate of drug-likeness (QED) is 0.729. The minimum atomic E-state index is -0.534. The zero-order chi connectivity index (χ0) is 17.8. The van der Waals surface area contributed by atoms with Gasteiger partial charge in [0.25, 0.3) is 0 Å². The van der Waals surface area contributed by atoms with E-state index >= 15 is 0 Å². The van der Waals surface area contributed by atoms with Crippen LogP contribution in [0.15, 0.2) is 28.9 Å². The Kier molecular flexibility index (Phi) is 5.38. The standard InChI is InChI=1S/C18H20ClNO5/c1-22-16-13(19)11-14-17(15(16)18(21)23-2)25-10-8-20(14)7-3-5-12-6-4-9-24-12/h4,6,9,11H,3,5,7-8,10H2,1-2H3. The molecule has 134 valence electrons. The maximum absolute atomic E-state index is 12.2. The average Bonchev–Trinajstić information content (AvgIpc) is 3.13. The number of fused-ring (bicyclic) bond motifs is 1. The summed E-state index contributed by atoms with van der Waals surface area (Å²) in [5.41, 5.74) is 1.00. The van der Waals surface area contributed by atoms with E-state index in [-0.39, 0.29) is 11.3 Å². The lowest BCUT2D eigenvalue weighted by molar-refractivity contribution is 0.0591. The molecule has 1 aromatic carbocycles. The summed E-state index contributed by atoms with van der Waals surface area (Å²) in [7, 11) is 2.78. The second-order valence-electron chi connectivity index (χ2n) is 5.62. The van der Waals surface area contributed by atoms with Crippen molar-refractivity contribution in [3.63, 3.8) is 0 Å². The van der Waals surface area contributed by atoms with E-state index in [1.807, 2.05) is 12.1 Å². The molecule has 0 atom stereocenters. The Morgan fingerprint density at radius 3 is 2.92 bits per heavy atom. The van der Waals surface area contributed by atoms with Gasteiger partial charge >= 0.3 is 5.97 Å². The van der Waals surface area contributed by atoms with Gasteiger partial charge in [0.1, 0.15) is 17.9 Å². The molecule has 0 saturated heterocycles. The number of nitrogens with zero attached hydrogens (tertiary/aromatic N) is 1. The summed E-state index contributed by atoms with van der Waals surface area (Å²) in [6.07, 6.45) is 3.42. The number of anilines is 1. The molecular formula is C18H20ClNO5. The highest BCUT2D eigenvalue weighted by molar-refractivity contribution is 6.33. The van der Waals surface area contributed by atoms with Crippen LogP contribution in [0, 0.1) is 0 Å². The van der Waals surface area contributed by atoms with Gasteiger partial charge in [-0.2, -0.15) is 0 Å². The van der Waals surface area contributed by atoms with E-state index in [0.717, 1.165) is 30.8 Å². The van der Waals surface area contributed by atoms with Crippen LogP contribution < -0.4 is 14.4 Å². The minimum Gasteiger partial charge on any atom is -0.494 e. The molecule has 0 unspecified atom stereocenters. The van der Waals surface area contributed by atoms with Crippen molar-refractivity contribution in [3.05, 3.63) is 40.8 Å². The summed E-state index contributed by atoms with van der Waals surface area (Å²) >= 11 is 6.32. The van der Waals surface area contributed by atoms with Crippen molar-refractivity contribution in [2.45, 2.75) is 12.8 Å². The van der Waals surface area contributed by atoms with Gasteiger partial charge in [-0.1, -0.05) is 11.6 Å². The number of aryl methyl sites for hydroxylation is 1. The minimum absolute atomic E-state index is 0.225. The maximum atomic E-state index is 12.2. The molecule has 0 N–H and O–H groups in total. The number of halogens is 1. The molecule has 0 saturated carbocycles. The summed E-state index contributed by atoms with van der Waals surface area (Å²) in [4.78, 5) is 14.4. The smallest absolute Gasteiger partial charge is 0.345 e. The number of hydrogen-bond donors (Lipinski definition) is 0. The van der Waals surface area contributed by atoms with Gasteiger partial charge in [0.2, 0.25) is 0 Å². The Hall–Kier alpha value is -2.34. The fourth-order valence-corrected chi connectivity index (χ4v) is 3.25. The molecule has 0 aliphatic carbocycles. The molecule has 3 rings (SSSR count). The van der Waals surface area contributed by atoms with Crippen molar-refractivity contribution < 1.29 is 23.4 Å². The van der Waals surface area contributed by atoms with Gasteiger partial charge in [-0.15, -0.1) is 0 Å². The highest BCUT2D eigenvalue weighted by Crippen LogP contribution is 2.45. The van der Waals surface area contributed by atoms with Crippen LogP contribution in [0.4, 0.5) is 5.69 Å². The number of carbonyl (C=O) groups excluding carboxylic acids is 1. The van der Waals surface area contributed by atoms with E-state index in [4.69, 9.17) is 30.2 Å². The molecule has 0 bridgehead atoms. The van der Waals surface area contributed by atoms with Crippen molar-refractivity contribution in [2.24, 2.45) is 0 Å². The Morgan fingerprint density at radius 1 is 1.40 bits per heavy atom. The van der Waals surface area contributed by atoms with Gasteiger partial charge in [-0.3, -0.25) is 0 Å². The number of methoxy groups -OCH3 is 2. The van der Waals surface area contributed by atoms with E-state index in [9.17, 15) is 4.79 Å². The molecule has 7 heteroatoms. The van der Waals surface area contributed by atoms with Crippen LogP contribution in [0.3, 0.4) is 0 Å². The van der Waals surface area contributed by atoms with Crippen LogP contribution in [0.2, 0.25) is 5.02 Å². The lowest BCUT2D eigenvalue weighted by Crippen LogP contribution is -2.34. The molecule has 0 fully saturated rings. The Labute approximate surface area is 151 Å². The third kappa shape index (κ3) is 3.54. The zero-order valence-electron chi connectivity index (χ0n) is 14.2. The molecule has 0 radical (unpaired) electrons. The van der Waals surface area contributed by atoms with E-state index in [0.29, 0.717) is 23.9 Å². The van der Waals surface area contributed by atoms with Gasteiger partial charge in [0.05, 0.1) is 37.7 Å². The second kappa shape index (κ2) is 7.70. The molecule has 6 nitrogen and oxygen atoms in total. The average molecular weight is 366 g/mol. The number of esters is 1. The monoisotopic (exact) mass is 365 g/mol. The van der Waals surface area contributed by atoms with Gasteiger partial charge in [-0.25, -0.2) is 4.79 Å². The molecular weight excluding hydrogens is 346 g/mol. The van der Waals surface area contributed by atoms with Gasteiger partial charge in [0.15, 0.2) is 11.5 Å². The summed E-state index contributed by atoms with van der Waals surface area (Å²) in [6.45, 7) is 1.98. The first-order valence-electron chi connectivity index (χ1n) is 8.04.